The van der Waals surface area contributed by atoms with E-state index in [1.165, 1.54) is 0 Å². The highest BCUT2D eigenvalue weighted by Gasteiger charge is 2.21. The number of fused-ring (bicyclic) bond motifs is 1. The van der Waals surface area contributed by atoms with Crippen LogP contribution in [0.3, 0.4) is 0 Å². The normalized spacial score (nSPS) is 12.1. The zero-order chi connectivity index (χ0) is 21.1. The lowest BCUT2D eigenvalue weighted by Gasteiger charge is -2.19. The second-order valence-electron chi connectivity index (χ2n) is 7.11. The molecule has 1 unspecified atom stereocenters. The summed E-state index contributed by atoms with van der Waals surface area (Å²) >= 11 is 12.0. The number of rotatable bonds is 6. The standard InChI is InChI=1S/C24H21Cl2N3O/c1-2-20(28-24(30)17-9-13-19(26)14-10-17)23-27-21-5-3-4-6-22(21)29(23)15-16-7-11-18(25)12-8-16/h3-14,20H,2,15H2,1H3,(H,28,30). The van der Waals surface area contributed by atoms with E-state index < -0.39 is 0 Å². The van der Waals surface area contributed by atoms with Crippen molar-refractivity contribution in [2.75, 3.05) is 0 Å². The zero-order valence-electron chi connectivity index (χ0n) is 16.5. The molecule has 4 nitrogen and oxygen atoms in total. The topological polar surface area (TPSA) is 46.9 Å². The number of para-hydroxylation sites is 2. The summed E-state index contributed by atoms with van der Waals surface area (Å²) in [5, 5.41) is 4.43. The molecule has 152 valence electrons. The summed E-state index contributed by atoms with van der Waals surface area (Å²) in [6.45, 7) is 2.68. The molecule has 1 amide bonds. The molecule has 1 N–H and O–H groups in total. The Hall–Kier alpha value is -2.82. The Morgan fingerprint density at radius 1 is 0.967 bits per heavy atom. The maximum Gasteiger partial charge on any atom is 0.251 e. The third-order valence-corrected chi connectivity index (χ3v) is 5.57. The van der Waals surface area contributed by atoms with Crippen molar-refractivity contribution < 1.29 is 4.79 Å². The number of nitrogens with one attached hydrogen (secondary N) is 1. The molecule has 1 heterocycles. The van der Waals surface area contributed by atoms with Crippen molar-refractivity contribution in [3.63, 3.8) is 0 Å². The lowest BCUT2D eigenvalue weighted by Crippen LogP contribution is -2.30. The molecule has 0 radical (unpaired) electrons. The number of hydrogen-bond acceptors (Lipinski definition) is 2. The fraction of sp³-hybridized carbons (Fsp3) is 0.167. The van der Waals surface area contributed by atoms with E-state index in [1.54, 1.807) is 24.3 Å². The molecule has 1 aromatic heterocycles. The Morgan fingerprint density at radius 2 is 1.60 bits per heavy atom. The van der Waals surface area contributed by atoms with Crippen LogP contribution in [0, 0.1) is 0 Å². The molecule has 0 aliphatic carbocycles. The van der Waals surface area contributed by atoms with Crippen LogP contribution in [-0.2, 0) is 6.54 Å². The molecule has 3 aromatic carbocycles. The quantitative estimate of drug-likeness (QED) is 0.386. The molecule has 4 aromatic rings. The molecule has 30 heavy (non-hydrogen) atoms. The van der Waals surface area contributed by atoms with Crippen molar-refractivity contribution in [2.24, 2.45) is 0 Å². The predicted molar refractivity (Wildman–Crippen MR) is 122 cm³/mol. The monoisotopic (exact) mass is 437 g/mol. The molecule has 0 fully saturated rings. The third-order valence-electron chi connectivity index (χ3n) is 5.07. The lowest BCUT2D eigenvalue weighted by atomic mass is 10.1. The Bertz CT molecular complexity index is 1170. The Labute approximate surface area is 185 Å². The van der Waals surface area contributed by atoms with Crippen molar-refractivity contribution in [3.8, 4) is 0 Å². The molecule has 0 aliphatic heterocycles. The van der Waals surface area contributed by atoms with Gasteiger partial charge in [-0.15, -0.1) is 0 Å². The number of imidazole rings is 1. The molecule has 6 heteroatoms. The molecule has 0 aliphatic rings. The van der Waals surface area contributed by atoms with Crippen LogP contribution < -0.4 is 5.32 Å². The largest absolute Gasteiger partial charge is 0.342 e. The van der Waals surface area contributed by atoms with E-state index in [9.17, 15) is 4.79 Å². The van der Waals surface area contributed by atoms with Gasteiger partial charge < -0.3 is 9.88 Å². The highest BCUT2D eigenvalue weighted by atomic mass is 35.5. The molecule has 1 atom stereocenters. The van der Waals surface area contributed by atoms with Crippen molar-refractivity contribution in [1.29, 1.82) is 0 Å². The number of nitrogens with zero attached hydrogens (tertiary/aromatic N) is 2. The van der Waals surface area contributed by atoms with Crippen LogP contribution in [0.1, 0.15) is 41.1 Å². The van der Waals surface area contributed by atoms with Gasteiger partial charge in [-0.2, -0.15) is 0 Å². The van der Waals surface area contributed by atoms with E-state index in [2.05, 4.69) is 16.0 Å². The van der Waals surface area contributed by atoms with Crippen LogP contribution in [0.15, 0.2) is 72.8 Å². The van der Waals surface area contributed by atoms with Gasteiger partial charge in [0.25, 0.3) is 5.91 Å². The SMILES string of the molecule is CCC(NC(=O)c1ccc(Cl)cc1)c1nc2ccccc2n1Cc1ccc(Cl)cc1. The molecule has 0 saturated carbocycles. The van der Waals surface area contributed by atoms with Gasteiger partial charge in [-0.3, -0.25) is 4.79 Å². The highest BCUT2D eigenvalue weighted by Crippen LogP contribution is 2.25. The summed E-state index contributed by atoms with van der Waals surface area (Å²) in [5.74, 6) is 0.680. The van der Waals surface area contributed by atoms with Gasteiger partial charge in [-0.1, -0.05) is 54.4 Å². The van der Waals surface area contributed by atoms with Crippen molar-refractivity contribution in [1.82, 2.24) is 14.9 Å². The molecular weight excluding hydrogens is 417 g/mol. The van der Waals surface area contributed by atoms with Crippen LogP contribution in [0.2, 0.25) is 10.0 Å². The van der Waals surface area contributed by atoms with Gasteiger partial charge in [0, 0.05) is 22.2 Å². The summed E-state index contributed by atoms with van der Waals surface area (Å²) < 4.78 is 2.16. The average Bonchev–Trinajstić information content (AvgIpc) is 3.12. The number of hydrogen-bond donors (Lipinski definition) is 1. The van der Waals surface area contributed by atoms with E-state index in [-0.39, 0.29) is 11.9 Å². The van der Waals surface area contributed by atoms with E-state index in [4.69, 9.17) is 28.2 Å². The minimum atomic E-state index is -0.229. The Kier molecular flexibility index (Phi) is 6.07. The van der Waals surface area contributed by atoms with Crippen molar-refractivity contribution >= 4 is 40.1 Å². The summed E-state index contributed by atoms with van der Waals surface area (Å²) in [4.78, 5) is 17.7. The number of benzene rings is 3. The van der Waals surface area contributed by atoms with E-state index in [0.717, 1.165) is 22.4 Å². The van der Waals surface area contributed by atoms with Gasteiger partial charge in [0.1, 0.15) is 5.82 Å². The third kappa shape index (κ3) is 4.35. The second-order valence-corrected chi connectivity index (χ2v) is 7.99. The molecule has 0 bridgehead atoms. The summed E-state index contributed by atoms with van der Waals surface area (Å²) in [6.07, 6.45) is 0.712. The number of carbonyl (C=O) groups excluding carboxylic acids is 1. The van der Waals surface area contributed by atoms with Crippen LogP contribution in [0.4, 0.5) is 0 Å². The fourth-order valence-corrected chi connectivity index (χ4v) is 3.74. The Balaban J connectivity index is 1.69. The van der Waals surface area contributed by atoms with Crippen LogP contribution in [0.25, 0.3) is 11.0 Å². The van der Waals surface area contributed by atoms with Crippen LogP contribution in [0.5, 0.6) is 0 Å². The predicted octanol–water partition coefficient (Wildman–Crippen LogP) is 6.27. The number of halogens is 2. The highest BCUT2D eigenvalue weighted by molar-refractivity contribution is 6.30. The van der Waals surface area contributed by atoms with Gasteiger partial charge >= 0.3 is 0 Å². The van der Waals surface area contributed by atoms with Gasteiger partial charge in [0.05, 0.1) is 17.1 Å². The first-order chi connectivity index (χ1) is 14.5. The zero-order valence-corrected chi connectivity index (χ0v) is 18.0. The summed E-state index contributed by atoms with van der Waals surface area (Å²) in [6, 6.07) is 22.4. The average molecular weight is 438 g/mol. The van der Waals surface area contributed by atoms with E-state index >= 15 is 0 Å². The molecule has 0 spiro atoms. The maximum atomic E-state index is 12.8. The number of aromatic nitrogens is 2. The van der Waals surface area contributed by atoms with Gasteiger partial charge in [-0.25, -0.2) is 4.98 Å². The first-order valence-electron chi connectivity index (χ1n) is 9.81. The first-order valence-corrected chi connectivity index (χ1v) is 10.6. The smallest absolute Gasteiger partial charge is 0.251 e. The summed E-state index contributed by atoms with van der Waals surface area (Å²) in [5.41, 5.74) is 3.61. The second kappa shape index (κ2) is 8.90. The summed E-state index contributed by atoms with van der Waals surface area (Å²) in [7, 11) is 0. The van der Waals surface area contributed by atoms with E-state index in [1.807, 2.05) is 49.4 Å². The van der Waals surface area contributed by atoms with E-state index in [0.29, 0.717) is 28.6 Å². The van der Waals surface area contributed by atoms with Gasteiger partial charge in [0.2, 0.25) is 0 Å². The first kappa shape index (κ1) is 20.5. The lowest BCUT2D eigenvalue weighted by molar-refractivity contribution is 0.0933. The number of amides is 1. The van der Waals surface area contributed by atoms with Crippen LogP contribution >= 0.6 is 23.2 Å². The van der Waals surface area contributed by atoms with Crippen LogP contribution in [-0.4, -0.2) is 15.5 Å². The Morgan fingerprint density at radius 3 is 2.27 bits per heavy atom. The van der Waals surface area contributed by atoms with Gasteiger partial charge in [0.15, 0.2) is 0 Å². The molecule has 4 rings (SSSR count). The molecular formula is C24H21Cl2N3O. The minimum Gasteiger partial charge on any atom is -0.342 e. The van der Waals surface area contributed by atoms with Gasteiger partial charge in [-0.05, 0) is 60.5 Å². The fourth-order valence-electron chi connectivity index (χ4n) is 3.49. The molecule has 0 saturated heterocycles. The van der Waals surface area contributed by atoms with Crippen molar-refractivity contribution in [3.05, 3.63) is 99.8 Å². The maximum absolute atomic E-state index is 12.8. The van der Waals surface area contributed by atoms with Crippen molar-refractivity contribution in [2.45, 2.75) is 25.9 Å². The number of carbonyl (C=O) groups is 1. The minimum absolute atomic E-state index is 0.149.